The van der Waals surface area contributed by atoms with Gasteiger partial charge in [-0.1, -0.05) is 13.3 Å². The Morgan fingerprint density at radius 3 is 2.50 bits per heavy atom. The summed E-state index contributed by atoms with van der Waals surface area (Å²) in [5, 5.41) is 0.867. The fraction of sp³-hybridized carbons (Fsp3) is 0.444. The molecule has 0 spiro atoms. The normalized spacial score (nSPS) is 10.9. The van der Waals surface area contributed by atoms with E-state index >= 15 is 0 Å². The van der Waals surface area contributed by atoms with E-state index in [-0.39, 0.29) is 5.56 Å². The van der Waals surface area contributed by atoms with E-state index in [0.29, 0.717) is 11.9 Å². The first kappa shape index (κ1) is 16.3. The SMILES string of the molecule is CCCCc1c(C=O)c(=O)oc2cc(N(CC)CC)ccc12. The summed E-state index contributed by atoms with van der Waals surface area (Å²) in [6, 6.07) is 5.89. The van der Waals surface area contributed by atoms with Crippen molar-refractivity contribution in [2.45, 2.75) is 40.0 Å². The Hall–Kier alpha value is -2.10. The van der Waals surface area contributed by atoms with Gasteiger partial charge in [-0.2, -0.15) is 0 Å². The maximum Gasteiger partial charge on any atom is 0.347 e. The van der Waals surface area contributed by atoms with Crippen molar-refractivity contribution in [3.8, 4) is 0 Å². The Morgan fingerprint density at radius 1 is 1.18 bits per heavy atom. The van der Waals surface area contributed by atoms with Gasteiger partial charge < -0.3 is 9.32 Å². The molecule has 0 fully saturated rings. The molecule has 0 bridgehead atoms. The third-order valence-electron chi connectivity index (χ3n) is 4.06. The molecule has 0 aliphatic rings. The van der Waals surface area contributed by atoms with Gasteiger partial charge in [0.15, 0.2) is 6.29 Å². The number of benzene rings is 1. The van der Waals surface area contributed by atoms with Crippen molar-refractivity contribution in [2.24, 2.45) is 0 Å². The van der Waals surface area contributed by atoms with Crippen LogP contribution in [-0.4, -0.2) is 19.4 Å². The lowest BCUT2D eigenvalue weighted by Gasteiger charge is -2.21. The summed E-state index contributed by atoms with van der Waals surface area (Å²) in [6.07, 6.45) is 3.29. The van der Waals surface area contributed by atoms with Gasteiger partial charge >= 0.3 is 5.63 Å². The van der Waals surface area contributed by atoms with Gasteiger partial charge in [-0.25, -0.2) is 4.79 Å². The Labute approximate surface area is 130 Å². The number of anilines is 1. The topological polar surface area (TPSA) is 50.5 Å². The Balaban J connectivity index is 2.64. The average molecular weight is 301 g/mol. The van der Waals surface area contributed by atoms with E-state index in [4.69, 9.17) is 4.42 Å². The van der Waals surface area contributed by atoms with Crippen molar-refractivity contribution in [3.63, 3.8) is 0 Å². The third-order valence-corrected chi connectivity index (χ3v) is 4.06. The number of rotatable bonds is 7. The first-order valence-electron chi connectivity index (χ1n) is 7.96. The van der Waals surface area contributed by atoms with Gasteiger partial charge in [-0.15, -0.1) is 0 Å². The Bertz CT molecular complexity index is 714. The molecule has 0 saturated heterocycles. The molecule has 118 valence electrons. The van der Waals surface area contributed by atoms with Gasteiger partial charge in [0.05, 0.1) is 0 Å². The smallest absolute Gasteiger partial charge is 0.347 e. The molecule has 1 aromatic carbocycles. The van der Waals surface area contributed by atoms with Gasteiger partial charge in [-0.3, -0.25) is 4.79 Å². The lowest BCUT2D eigenvalue weighted by molar-refractivity contribution is 0.111. The maximum absolute atomic E-state index is 12.1. The van der Waals surface area contributed by atoms with Crippen molar-refractivity contribution in [3.05, 3.63) is 39.7 Å². The molecule has 1 heterocycles. The van der Waals surface area contributed by atoms with E-state index in [9.17, 15) is 9.59 Å². The molecule has 0 saturated carbocycles. The molecule has 4 heteroatoms. The monoisotopic (exact) mass is 301 g/mol. The van der Waals surface area contributed by atoms with Crippen LogP contribution in [0.4, 0.5) is 5.69 Å². The zero-order valence-corrected chi connectivity index (χ0v) is 13.5. The van der Waals surface area contributed by atoms with Gasteiger partial charge in [0.1, 0.15) is 11.1 Å². The molecule has 0 aliphatic carbocycles. The molecule has 0 aliphatic heterocycles. The molecule has 1 aromatic heterocycles. The highest BCUT2D eigenvalue weighted by Crippen LogP contribution is 2.26. The lowest BCUT2D eigenvalue weighted by atomic mass is 9.99. The number of hydrogen-bond acceptors (Lipinski definition) is 4. The number of aryl methyl sites for hydroxylation is 1. The third kappa shape index (κ3) is 3.06. The Morgan fingerprint density at radius 2 is 1.91 bits per heavy atom. The minimum Gasteiger partial charge on any atom is -0.422 e. The lowest BCUT2D eigenvalue weighted by Crippen LogP contribution is -2.21. The maximum atomic E-state index is 12.1. The number of unbranched alkanes of at least 4 members (excludes halogenated alkanes) is 1. The minimum absolute atomic E-state index is 0.163. The molecule has 0 amide bonds. The van der Waals surface area contributed by atoms with E-state index in [1.54, 1.807) is 0 Å². The van der Waals surface area contributed by atoms with Gasteiger partial charge in [0, 0.05) is 30.2 Å². The van der Waals surface area contributed by atoms with Crippen LogP contribution in [0.1, 0.15) is 49.5 Å². The molecule has 0 N–H and O–H groups in total. The number of hydrogen-bond donors (Lipinski definition) is 0. The summed E-state index contributed by atoms with van der Waals surface area (Å²) in [5.41, 5.74) is 2.03. The highest BCUT2D eigenvalue weighted by molar-refractivity contribution is 5.90. The summed E-state index contributed by atoms with van der Waals surface area (Å²) in [6.45, 7) is 8.05. The molecule has 2 rings (SSSR count). The van der Waals surface area contributed by atoms with Gasteiger partial charge in [0.25, 0.3) is 0 Å². The van der Waals surface area contributed by atoms with Crippen molar-refractivity contribution < 1.29 is 9.21 Å². The molecule has 0 radical (unpaired) electrons. The fourth-order valence-corrected chi connectivity index (χ4v) is 2.80. The van der Waals surface area contributed by atoms with Crippen LogP contribution in [-0.2, 0) is 6.42 Å². The second-order valence-electron chi connectivity index (χ2n) is 5.36. The first-order chi connectivity index (χ1) is 10.7. The fourth-order valence-electron chi connectivity index (χ4n) is 2.80. The molecule has 2 aromatic rings. The van der Waals surface area contributed by atoms with E-state index in [1.165, 1.54) is 0 Å². The molecule has 4 nitrogen and oxygen atoms in total. The number of carbonyl (C=O) groups excluding carboxylic acids is 1. The summed E-state index contributed by atoms with van der Waals surface area (Å²) < 4.78 is 5.37. The van der Waals surface area contributed by atoms with Crippen LogP contribution in [0.15, 0.2) is 27.4 Å². The highest BCUT2D eigenvalue weighted by atomic mass is 16.4. The van der Waals surface area contributed by atoms with Crippen LogP contribution in [0, 0.1) is 0 Å². The molecule has 0 atom stereocenters. The van der Waals surface area contributed by atoms with Crippen LogP contribution in [0.2, 0.25) is 0 Å². The van der Waals surface area contributed by atoms with Crippen molar-refractivity contribution in [2.75, 3.05) is 18.0 Å². The van der Waals surface area contributed by atoms with E-state index in [1.807, 2.05) is 18.2 Å². The largest absolute Gasteiger partial charge is 0.422 e. The van der Waals surface area contributed by atoms with Crippen LogP contribution < -0.4 is 10.5 Å². The summed E-state index contributed by atoms with van der Waals surface area (Å²) >= 11 is 0. The summed E-state index contributed by atoms with van der Waals surface area (Å²) in [4.78, 5) is 25.5. The number of fused-ring (bicyclic) bond motifs is 1. The number of carbonyl (C=O) groups is 1. The number of aldehydes is 1. The zero-order valence-electron chi connectivity index (χ0n) is 13.5. The van der Waals surface area contributed by atoms with Gasteiger partial charge in [-0.05, 0) is 44.4 Å². The summed E-state index contributed by atoms with van der Waals surface area (Å²) in [5.74, 6) is 0. The van der Waals surface area contributed by atoms with Gasteiger partial charge in [0.2, 0.25) is 0 Å². The molecule has 0 unspecified atom stereocenters. The van der Waals surface area contributed by atoms with Crippen LogP contribution in [0.5, 0.6) is 0 Å². The van der Waals surface area contributed by atoms with Crippen LogP contribution in [0.3, 0.4) is 0 Å². The van der Waals surface area contributed by atoms with E-state index < -0.39 is 5.63 Å². The van der Waals surface area contributed by atoms with Crippen molar-refractivity contribution in [1.82, 2.24) is 0 Å². The van der Waals surface area contributed by atoms with Crippen LogP contribution in [0.25, 0.3) is 11.0 Å². The standard InChI is InChI=1S/C18H23NO3/c1-4-7-8-14-15-10-9-13(19(5-2)6-3)11-17(15)22-18(21)16(14)12-20/h9-12H,4-8H2,1-3H3. The predicted octanol–water partition coefficient (Wildman–Crippen LogP) is 3.79. The van der Waals surface area contributed by atoms with E-state index in [2.05, 4.69) is 25.7 Å². The predicted molar refractivity (Wildman–Crippen MR) is 90.0 cm³/mol. The van der Waals surface area contributed by atoms with Crippen molar-refractivity contribution in [1.29, 1.82) is 0 Å². The van der Waals surface area contributed by atoms with Crippen LogP contribution >= 0.6 is 0 Å². The zero-order chi connectivity index (χ0) is 16.1. The molecular formula is C18H23NO3. The highest BCUT2D eigenvalue weighted by Gasteiger charge is 2.15. The first-order valence-corrected chi connectivity index (χ1v) is 7.96. The second-order valence-corrected chi connectivity index (χ2v) is 5.36. The Kier molecular flexibility index (Phi) is 5.36. The summed E-state index contributed by atoms with van der Waals surface area (Å²) in [7, 11) is 0. The quantitative estimate of drug-likeness (QED) is 0.576. The minimum atomic E-state index is -0.537. The van der Waals surface area contributed by atoms with Crippen molar-refractivity contribution >= 4 is 22.9 Å². The molecular weight excluding hydrogens is 278 g/mol. The average Bonchev–Trinajstić information content (AvgIpc) is 2.53. The second kappa shape index (κ2) is 7.25. The molecule has 22 heavy (non-hydrogen) atoms. The number of nitrogens with zero attached hydrogens (tertiary/aromatic N) is 1. The van der Waals surface area contributed by atoms with E-state index in [0.717, 1.165) is 49.0 Å².